The van der Waals surface area contributed by atoms with Gasteiger partial charge in [-0.15, -0.1) is 9.24 Å². The molecular formula is C11H16NO4PS. The zero-order valence-corrected chi connectivity index (χ0v) is 12.0. The first-order valence-corrected chi connectivity index (χ1v) is 7.44. The van der Waals surface area contributed by atoms with Crippen LogP contribution in [0, 0.1) is 6.92 Å². The van der Waals surface area contributed by atoms with Crippen LogP contribution < -0.4 is 5.73 Å². The van der Waals surface area contributed by atoms with Crippen molar-refractivity contribution in [2.24, 2.45) is 5.73 Å². The number of hydrogen-bond acceptors (Lipinski definition) is 5. The highest BCUT2D eigenvalue weighted by atomic mass is 32.2. The van der Waals surface area contributed by atoms with Gasteiger partial charge in [-0.2, -0.15) is 8.42 Å². The fourth-order valence-corrected chi connectivity index (χ4v) is 2.43. The molecule has 0 aliphatic rings. The van der Waals surface area contributed by atoms with Crippen LogP contribution in [-0.2, 0) is 19.1 Å². The van der Waals surface area contributed by atoms with Crippen LogP contribution in [0.25, 0.3) is 0 Å². The maximum absolute atomic E-state index is 11.8. The summed E-state index contributed by atoms with van der Waals surface area (Å²) in [5.74, 6) is -1.05. The van der Waals surface area contributed by atoms with E-state index in [2.05, 4.69) is 13.4 Å². The van der Waals surface area contributed by atoms with Gasteiger partial charge in [-0.3, -0.25) is 4.79 Å². The van der Waals surface area contributed by atoms with Gasteiger partial charge < -0.3 is 9.92 Å². The van der Waals surface area contributed by atoms with E-state index in [9.17, 15) is 13.2 Å². The van der Waals surface area contributed by atoms with E-state index in [4.69, 9.17) is 5.73 Å². The maximum atomic E-state index is 11.8. The minimum absolute atomic E-state index is 0.0222. The van der Waals surface area contributed by atoms with E-state index in [1.165, 1.54) is 12.1 Å². The summed E-state index contributed by atoms with van der Waals surface area (Å²) in [5.41, 5.74) is 6.22. The first-order chi connectivity index (χ1) is 8.31. The number of rotatable bonds is 5. The first-order valence-electron chi connectivity index (χ1n) is 5.36. The lowest BCUT2D eigenvalue weighted by Gasteiger charge is -2.07. The van der Waals surface area contributed by atoms with Gasteiger partial charge in [-0.1, -0.05) is 12.1 Å². The number of hydrogen-bond donors (Lipinski definition) is 1. The van der Waals surface area contributed by atoms with E-state index < -0.39 is 16.1 Å². The van der Waals surface area contributed by atoms with Crippen molar-refractivity contribution in [3.05, 3.63) is 29.8 Å². The summed E-state index contributed by atoms with van der Waals surface area (Å²) in [4.78, 5) is 11.3. The zero-order valence-electron chi connectivity index (χ0n) is 10.00. The molecule has 7 heteroatoms. The molecule has 2 N–H and O–H groups in total. The van der Waals surface area contributed by atoms with Crippen LogP contribution in [0.5, 0.6) is 0 Å². The Morgan fingerprint density at radius 2 is 2.17 bits per heavy atom. The normalized spacial score (nSPS) is 13.1. The number of benzene rings is 1. The van der Waals surface area contributed by atoms with Gasteiger partial charge in [-0.25, -0.2) is 0 Å². The second kappa shape index (κ2) is 6.27. The average Bonchev–Trinajstić information content (AvgIpc) is 2.26. The van der Waals surface area contributed by atoms with Crippen LogP contribution in [0.15, 0.2) is 29.2 Å². The molecule has 1 aromatic rings. The molecule has 1 rings (SSSR count). The monoisotopic (exact) mass is 289 g/mol. The Bertz CT molecular complexity index is 528. The molecule has 0 saturated heterocycles. The van der Waals surface area contributed by atoms with Gasteiger partial charge in [-0.05, 0) is 31.0 Å². The molecule has 2 atom stereocenters. The van der Waals surface area contributed by atoms with E-state index in [1.54, 1.807) is 19.1 Å². The first kappa shape index (κ1) is 15.1. The van der Waals surface area contributed by atoms with Crippen LogP contribution in [0.1, 0.15) is 18.4 Å². The molecule has 0 saturated carbocycles. The molecule has 5 nitrogen and oxygen atoms in total. The Kier molecular flexibility index (Phi) is 5.26. The van der Waals surface area contributed by atoms with Crippen molar-refractivity contribution >= 4 is 25.3 Å². The third kappa shape index (κ3) is 4.72. The van der Waals surface area contributed by atoms with Crippen molar-refractivity contribution in [1.29, 1.82) is 0 Å². The highest BCUT2D eigenvalue weighted by Crippen LogP contribution is 2.15. The van der Waals surface area contributed by atoms with Crippen LogP contribution >= 0.6 is 9.24 Å². The van der Waals surface area contributed by atoms with E-state index in [1.807, 2.05) is 0 Å². The van der Waals surface area contributed by atoms with Crippen LogP contribution in [-0.4, -0.2) is 20.2 Å². The smallest absolute Gasteiger partial charge is 0.341 e. The molecule has 0 heterocycles. The summed E-state index contributed by atoms with van der Waals surface area (Å²) in [6.07, 6.45) is 0.322. The second-order valence-corrected chi connectivity index (χ2v) is 6.33. The Hall–Kier alpha value is -0.970. The molecule has 100 valence electrons. The number of carbonyl (C=O) groups is 1. The van der Waals surface area contributed by atoms with Crippen molar-refractivity contribution < 1.29 is 17.4 Å². The fourth-order valence-electron chi connectivity index (χ4n) is 1.27. The van der Waals surface area contributed by atoms with Gasteiger partial charge in [0.15, 0.2) is 0 Å². The summed E-state index contributed by atoms with van der Waals surface area (Å²) >= 11 is 0. The molecule has 0 fully saturated rings. The quantitative estimate of drug-likeness (QED) is 0.649. The Balaban J connectivity index is 2.74. The van der Waals surface area contributed by atoms with Crippen molar-refractivity contribution in [1.82, 2.24) is 0 Å². The van der Waals surface area contributed by atoms with Crippen LogP contribution in [0.3, 0.4) is 0 Å². The van der Waals surface area contributed by atoms with Crippen molar-refractivity contribution in [3.63, 3.8) is 0 Å². The molecule has 2 unspecified atom stereocenters. The van der Waals surface area contributed by atoms with Gasteiger partial charge in [0.1, 0.15) is 4.90 Å². The molecule has 0 spiro atoms. The molecule has 0 radical (unpaired) electrons. The summed E-state index contributed by atoms with van der Waals surface area (Å²) in [6, 6.07) is 6.18. The maximum Gasteiger partial charge on any atom is 0.341 e. The van der Waals surface area contributed by atoms with E-state index in [0.29, 0.717) is 6.42 Å². The van der Waals surface area contributed by atoms with Crippen LogP contribution in [0.4, 0.5) is 0 Å². The lowest BCUT2D eigenvalue weighted by Crippen LogP contribution is -2.17. The molecule has 1 aromatic carbocycles. The van der Waals surface area contributed by atoms with Crippen LogP contribution in [0.2, 0.25) is 0 Å². The van der Waals surface area contributed by atoms with Crippen molar-refractivity contribution in [2.45, 2.75) is 30.4 Å². The summed E-state index contributed by atoms with van der Waals surface area (Å²) < 4.78 is 28.0. The molecule has 0 amide bonds. The zero-order chi connectivity index (χ0) is 13.8. The summed E-state index contributed by atoms with van der Waals surface area (Å²) in [7, 11) is -1.70. The third-order valence-electron chi connectivity index (χ3n) is 2.16. The Morgan fingerprint density at radius 1 is 1.50 bits per heavy atom. The SMILES string of the molecule is Cc1cccc(S(=O)(=O)OC(=O)CCC(N)P)c1. The molecule has 18 heavy (non-hydrogen) atoms. The predicted molar refractivity (Wildman–Crippen MR) is 71.4 cm³/mol. The van der Waals surface area contributed by atoms with E-state index in [0.717, 1.165) is 5.56 Å². The highest BCUT2D eigenvalue weighted by molar-refractivity contribution is 7.87. The lowest BCUT2D eigenvalue weighted by atomic mass is 10.2. The van der Waals surface area contributed by atoms with Gasteiger partial charge in [0.2, 0.25) is 0 Å². The van der Waals surface area contributed by atoms with Gasteiger partial charge in [0.25, 0.3) is 0 Å². The second-order valence-electron chi connectivity index (χ2n) is 3.93. The van der Waals surface area contributed by atoms with E-state index in [-0.39, 0.29) is 17.1 Å². The average molecular weight is 289 g/mol. The summed E-state index contributed by atoms with van der Waals surface area (Å²) in [6.45, 7) is 1.76. The van der Waals surface area contributed by atoms with Crippen molar-refractivity contribution in [3.8, 4) is 0 Å². The predicted octanol–water partition coefficient (Wildman–Crippen LogP) is 1.17. The largest absolute Gasteiger partial charge is 0.342 e. The van der Waals surface area contributed by atoms with E-state index >= 15 is 0 Å². The molecular weight excluding hydrogens is 273 g/mol. The minimum atomic E-state index is -4.03. The molecule has 0 aromatic heterocycles. The van der Waals surface area contributed by atoms with Gasteiger partial charge in [0.05, 0.1) is 0 Å². The van der Waals surface area contributed by atoms with Gasteiger partial charge >= 0.3 is 16.1 Å². The molecule has 0 bridgehead atoms. The number of aryl methyl sites for hydroxylation is 1. The van der Waals surface area contributed by atoms with Gasteiger partial charge in [0, 0.05) is 12.2 Å². The Morgan fingerprint density at radius 3 is 2.72 bits per heavy atom. The highest BCUT2D eigenvalue weighted by Gasteiger charge is 2.20. The molecule has 0 aliphatic heterocycles. The standard InChI is InChI=1S/C11H16NO4PS/c1-8-3-2-4-9(7-8)18(14,15)16-11(13)6-5-10(12)17/h2-4,7,10H,5-6,12,17H2,1H3. The number of nitrogens with two attached hydrogens (primary N) is 1. The third-order valence-corrected chi connectivity index (χ3v) is 3.73. The number of carbonyl (C=O) groups excluding carboxylic acids is 1. The lowest BCUT2D eigenvalue weighted by molar-refractivity contribution is -0.133. The fraction of sp³-hybridized carbons (Fsp3) is 0.364. The minimum Gasteiger partial charge on any atom is -0.342 e. The topological polar surface area (TPSA) is 86.5 Å². The Labute approximate surface area is 109 Å². The van der Waals surface area contributed by atoms with Crippen molar-refractivity contribution in [2.75, 3.05) is 0 Å². The summed E-state index contributed by atoms with van der Waals surface area (Å²) in [5, 5.41) is 0. The molecule has 0 aliphatic carbocycles.